The highest BCUT2D eigenvalue weighted by atomic mass is 35.5. The van der Waals surface area contributed by atoms with Gasteiger partial charge in [-0.25, -0.2) is 8.42 Å². The molecule has 0 unspecified atom stereocenters. The van der Waals surface area contributed by atoms with Crippen LogP contribution in [0.15, 0.2) is 52.5 Å². The predicted octanol–water partition coefficient (Wildman–Crippen LogP) is 3.45. The maximum atomic E-state index is 12.9. The van der Waals surface area contributed by atoms with Crippen LogP contribution in [0.4, 0.5) is 0 Å². The van der Waals surface area contributed by atoms with Crippen LogP contribution in [-0.2, 0) is 21.2 Å². The number of piperidine rings is 1. The van der Waals surface area contributed by atoms with Gasteiger partial charge in [0.05, 0.1) is 17.3 Å². The van der Waals surface area contributed by atoms with E-state index in [4.69, 9.17) is 11.6 Å². The Labute approximate surface area is 208 Å². The van der Waals surface area contributed by atoms with E-state index >= 15 is 0 Å². The second-order valence-electron chi connectivity index (χ2n) is 8.43. The van der Waals surface area contributed by atoms with E-state index in [-0.39, 0.29) is 29.6 Å². The lowest BCUT2D eigenvalue weighted by Crippen LogP contribution is -2.38. The highest BCUT2D eigenvalue weighted by Crippen LogP contribution is 2.30. The summed E-state index contributed by atoms with van der Waals surface area (Å²) in [5, 5.41) is 11.5. The minimum absolute atomic E-state index is 0.0278. The first kappa shape index (κ1) is 24.9. The Morgan fingerprint density at radius 3 is 2.59 bits per heavy atom. The summed E-state index contributed by atoms with van der Waals surface area (Å²) in [4.78, 5) is 21.1. The zero-order valence-electron chi connectivity index (χ0n) is 19.0. The van der Waals surface area contributed by atoms with Crippen LogP contribution in [0.3, 0.4) is 0 Å². The maximum absolute atomic E-state index is 12.9. The van der Waals surface area contributed by atoms with Crippen molar-refractivity contribution in [3.8, 4) is 0 Å². The number of thiazole rings is 1. The summed E-state index contributed by atoms with van der Waals surface area (Å²) in [6, 6.07) is 10.3. The highest BCUT2D eigenvalue weighted by Gasteiger charge is 2.26. The van der Waals surface area contributed by atoms with Gasteiger partial charge >= 0.3 is 0 Å². The molecule has 1 N–H and O–H groups in total. The average molecular weight is 522 g/mol. The van der Waals surface area contributed by atoms with Gasteiger partial charge in [-0.15, -0.1) is 11.3 Å². The first-order valence-electron chi connectivity index (χ1n) is 11.2. The number of carbonyl (C=O) groups is 1. The molecule has 1 amide bonds. The minimum atomic E-state index is -3.57. The molecule has 0 radical (unpaired) electrons. The van der Waals surface area contributed by atoms with Gasteiger partial charge in [0.15, 0.2) is 14.6 Å². The molecule has 1 aliphatic rings. The standard InChI is InChI=1S/C24H28ClN3O4S2/c1-26-24-28(11-12-29)16-22(33-24)17-6-9-27(10-7-17)23(30)8-13-34(31,32)21-5-3-18-14-20(25)4-2-19(18)15-21/h2-5,14-17,29H,6-13H2,1H3/b26-24-. The van der Waals surface area contributed by atoms with Crippen LogP contribution in [-0.4, -0.2) is 61.4 Å². The summed E-state index contributed by atoms with van der Waals surface area (Å²) in [6.07, 6.45) is 3.68. The monoisotopic (exact) mass is 521 g/mol. The normalized spacial score (nSPS) is 15.9. The zero-order chi connectivity index (χ0) is 24.3. The fraction of sp³-hybridized carbons (Fsp3) is 0.417. The average Bonchev–Trinajstić information content (AvgIpc) is 3.25. The number of amides is 1. The van der Waals surface area contributed by atoms with E-state index in [1.54, 1.807) is 59.7 Å². The molecule has 7 nitrogen and oxygen atoms in total. The number of hydrogen-bond donors (Lipinski definition) is 1. The molecule has 3 aromatic rings. The van der Waals surface area contributed by atoms with Gasteiger partial charge in [0.25, 0.3) is 0 Å². The predicted molar refractivity (Wildman–Crippen MR) is 135 cm³/mol. The quantitative estimate of drug-likeness (QED) is 0.515. The molecule has 10 heteroatoms. The van der Waals surface area contributed by atoms with E-state index < -0.39 is 9.84 Å². The Kier molecular flexibility index (Phi) is 7.77. The number of aliphatic hydroxyl groups excluding tert-OH is 1. The minimum Gasteiger partial charge on any atom is -0.395 e. The maximum Gasteiger partial charge on any atom is 0.223 e. The van der Waals surface area contributed by atoms with Gasteiger partial charge in [0, 0.05) is 49.2 Å². The first-order chi connectivity index (χ1) is 16.3. The second-order valence-corrected chi connectivity index (χ2v) is 12.0. The zero-order valence-corrected chi connectivity index (χ0v) is 21.4. The van der Waals surface area contributed by atoms with Crippen molar-refractivity contribution in [2.75, 3.05) is 32.5 Å². The number of fused-ring (bicyclic) bond motifs is 1. The first-order valence-corrected chi connectivity index (χ1v) is 14.1. The number of nitrogens with zero attached hydrogens (tertiary/aromatic N) is 3. The Hall–Kier alpha value is -2.20. The van der Waals surface area contributed by atoms with Gasteiger partial charge < -0.3 is 14.6 Å². The van der Waals surface area contributed by atoms with Crippen molar-refractivity contribution in [3.63, 3.8) is 0 Å². The van der Waals surface area contributed by atoms with E-state index in [0.717, 1.165) is 28.4 Å². The van der Waals surface area contributed by atoms with Gasteiger partial charge in [-0.1, -0.05) is 23.7 Å². The Morgan fingerprint density at radius 2 is 1.88 bits per heavy atom. The molecule has 2 heterocycles. The van der Waals surface area contributed by atoms with Crippen LogP contribution in [0, 0.1) is 0 Å². The van der Waals surface area contributed by atoms with Crippen molar-refractivity contribution in [1.29, 1.82) is 0 Å². The molecule has 1 fully saturated rings. The molecule has 0 saturated carbocycles. The smallest absolute Gasteiger partial charge is 0.223 e. The molecule has 1 aromatic heterocycles. The van der Waals surface area contributed by atoms with E-state index in [1.807, 2.05) is 4.57 Å². The van der Waals surface area contributed by atoms with Crippen LogP contribution in [0.25, 0.3) is 10.8 Å². The van der Waals surface area contributed by atoms with E-state index in [0.29, 0.717) is 30.6 Å². The molecule has 4 rings (SSSR count). The summed E-state index contributed by atoms with van der Waals surface area (Å²) in [7, 11) is -1.83. The lowest BCUT2D eigenvalue weighted by atomic mass is 9.95. The van der Waals surface area contributed by atoms with Crippen molar-refractivity contribution in [1.82, 2.24) is 9.47 Å². The topological polar surface area (TPSA) is 92.0 Å². The number of sulfone groups is 1. The molecule has 2 aromatic carbocycles. The number of aliphatic hydroxyl groups is 1. The lowest BCUT2D eigenvalue weighted by Gasteiger charge is -2.31. The van der Waals surface area contributed by atoms with Gasteiger partial charge in [0.1, 0.15) is 0 Å². The van der Waals surface area contributed by atoms with Crippen molar-refractivity contribution in [3.05, 3.63) is 57.3 Å². The van der Waals surface area contributed by atoms with Gasteiger partial charge in [0.2, 0.25) is 5.91 Å². The molecule has 0 bridgehead atoms. The number of hydrogen-bond acceptors (Lipinski definition) is 6. The van der Waals surface area contributed by atoms with Crippen LogP contribution in [0.2, 0.25) is 5.02 Å². The molecule has 0 atom stereocenters. The van der Waals surface area contributed by atoms with Gasteiger partial charge in [-0.05, 0) is 53.8 Å². The number of likely N-dealkylation sites (tertiary alicyclic amines) is 1. The number of benzene rings is 2. The molecule has 182 valence electrons. The van der Waals surface area contributed by atoms with Gasteiger partial charge in [-0.3, -0.25) is 9.79 Å². The molecule has 1 saturated heterocycles. The number of halogens is 1. The Bertz CT molecular complexity index is 1360. The molecule has 1 aliphatic heterocycles. The molecule has 0 aliphatic carbocycles. The Balaban J connectivity index is 1.35. The molecule has 34 heavy (non-hydrogen) atoms. The van der Waals surface area contributed by atoms with Gasteiger partial charge in [-0.2, -0.15) is 0 Å². The Morgan fingerprint density at radius 1 is 1.18 bits per heavy atom. The third-order valence-electron chi connectivity index (χ3n) is 6.24. The fourth-order valence-corrected chi connectivity index (χ4v) is 6.92. The number of rotatable bonds is 7. The second kappa shape index (κ2) is 10.6. The van der Waals surface area contributed by atoms with Crippen molar-refractivity contribution in [2.24, 2.45) is 4.99 Å². The summed E-state index contributed by atoms with van der Waals surface area (Å²) in [6.45, 7) is 1.79. The van der Waals surface area contributed by atoms with Crippen LogP contribution >= 0.6 is 22.9 Å². The van der Waals surface area contributed by atoms with Crippen molar-refractivity contribution < 1.29 is 18.3 Å². The van der Waals surface area contributed by atoms with Crippen LogP contribution in [0.1, 0.15) is 30.1 Å². The van der Waals surface area contributed by atoms with Crippen LogP contribution < -0.4 is 4.80 Å². The summed E-state index contributed by atoms with van der Waals surface area (Å²) < 4.78 is 27.7. The third-order valence-corrected chi connectivity index (χ3v) is 9.46. The summed E-state index contributed by atoms with van der Waals surface area (Å²) >= 11 is 7.63. The van der Waals surface area contributed by atoms with E-state index in [1.165, 1.54) is 4.88 Å². The SMILES string of the molecule is C/N=c1\sc(C2CCN(C(=O)CCS(=O)(=O)c3ccc4cc(Cl)ccc4c3)CC2)cn1CCO. The highest BCUT2D eigenvalue weighted by molar-refractivity contribution is 7.91. The molecular weight excluding hydrogens is 494 g/mol. The van der Waals surface area contributed by atoms with E-state index in [2.05, 4.69) is 11.2 Å². The molecular formula is C24H28ClN3O4S2. The number of aromatic nitrogens is 1. The summed E-state index contributed by atoms with van der Waals surface area (Å²) in [5.74, 6) is 0.00267. The fourth-order valence-electron chi connectivity index (χ4n) is 4.33. The van der Waals surface area contributed by atoms with E-state index in [9.17, 15) is 18.3 Å². The van der Waals surface area contributed by atoms with Crippen molar-refractivity contribution in [2.45, 2.75) is 36.6 Å². The summed E-state index contributed by atoms with van der Waals surface area (Å²) in [5.41, 5.74) is 0. The lowest BCUT2D eigenvalue weighted by molar-refractivity contribution is -0.131. The third kappa shape index (κ3) is 5.54. The number of carbonyl (C=O) groups excluding carboxylic acids is 1. The largest absolute Gasteiger partial charge is 0.395 e. The molecule has 0 spiro atoms. The van der Waals surface area contributed by atoms with Crippen LogP contribution in [0.5, 0.6) is 0 Å². The van der Waals surface area contributed by atoms with Crippen molar-refractivity contribution >= 4 is 49.5 Å².